The highest BCUT2D eigenvalue weighted by Gasteiger charge is 2.02. The maximum Gasteiger partial charge on any atom is 0.0661 e. The van der Waals surface area contributed by atoms with Crippen molar-refractivity contribution >= 4 is 5.52 Å². The first-order valence-corrected chi connectivity index (χ1v) is 4.92. The number of rotatable bonds is 3. The molecule has 3 nitrogen and oxygen atoms in total. The van der Waals surface area contributed by atoms with Crippen molar-refractivity contribution in [1.29, 1.82) is 0 Å². The SMILES string of the molecule is CC(CN)Cc1ccc2ccnn2c1. The van der Waals surface area contributed by atoms with E-state index in [1.54, 1.807) is 0 Å². The predicted molar refractivity (Wildman–Crippen MR) is 57.1 cm³/mol. The van der Waals surface area contributed by atoms with E-state index in [2.05, 4.69) is 30.4 Å². The molecule has 0 fully saturated rings. The molecule has 2 rings (SSSR count). The van der Waals surface area contributed by atoms with Gasteiger partial charge in [0.15, 0.2) is 0 Å². The van der Waals surface area contributed by atoms with Crippen LogP contribution in [0.25, 0.3) is 5.52 Å². The summed E-state index contributed by atoms with van der Waals surface area (Å²) in [5.41, 5.74) is 8.01. The Kier molecular flexibility index (Phi) is 2.50. The summed E-state index contributed by atoms with van der Waals surface area (Å²) >= 11 is 0. The van der Waals surface area contributed by atoms with Gasteiger partial charge < -0.3 is 5.73 Å². The molecule has 2 aromatic heterocycles. The zero-order valence-corrected chi connectivity index (χ0v) is 8.35. The molecule has 2 N–H and O–H groups in total. The minimum Gasteiger partial charge on any atom is -0.330 e. The summed E-state index contributed by atoms with van der Waals surface area (Å²) < 4.78 is 1.90. The van der Waals surface area contributed by atoms with Crippen LogP contribution in [0.5, 0.6) is 0 Å². The lowest BCUT2D eigenvalue weighted by atomic mass is 10.0. The van der Waals surface area contributed by atoms with Crippen LogP contribution in [-0.2, 0) is 6.42 Å². The molecule has 2 aromatic rings. The monoisotopic (exact) mass is 189 g/mol. The smallest absolute Gasteiger partial charge is 0.0661 e. The average Bonchev–Trinajstić information content (AvgIpc) is 2.64. The molecule has 0 aliphatic carbocycles. The molecule has 0 spiro atoms. The van der Waals surface area contributed by atoms with Crippen LogP contribution in [0.4, 0.5) is 0 Å². The molecule has 0 aliphatic rings. The van der Waals surface area contributed by atoms with Crippen LogP contribution in [0.15, 0.2) is 30.6 Å². The van der Waals surface area contributed by atoms with Gasteiger partial charge in [-0.25, -0.2) is 4.52 Å². The van der Waals surface area contributed by atoms with Gasteiger partial charge in [0.25, 0.3) is 0 Å². The first kappa shape index (κ1) is 9.21. The van der Waals surface area contributed by atoms with Crippen molar-refractivity contribution in [3.8, 4) is 0 Å². The fourth-order valence-corrected chi connectivity index (χ4v) is 1.56. The topological polar surface area (TPSA) is 43.3 Å². The Labute approximate surface area is 83.5 Å². The van der Waals surface area contributed by atoms with Gasteiger partial charge in [0.05, 0.1) is 5.52 Å². The van der Waals surface area contributed by atoms with E-state index in [9.17, 15) is 0 Å². The lowest BCUT2D eigenvalue weighted by Crippen LogP contribution is -2.13. The van der Waals surface area contributed by atoms with Crippen LogP contribution < -0.4 is 5.73 Å². The van der Waals surface area contributed by atoms with E-state index >= 15 is 0 Å². The van der Waals surface area contributed by atoms with Crippen molar-refractivity contribution in [3.63, 3.8) is 0 Å². The van der Waals surface area contributed by atoms with E-state index in [1.165, 1.54) is 5.56 Å². The Hall–Kier alpha value is -1.35. The predicted octanol–water partition coefficient (Wildman–Crippen LogP) is 1.47. The van der Waals surface area contributed by atoms with Crippen molar-refractivity contribution in [2.24, 2.45) is 11.7 Å². The zero-order valence-electron chi connectivity index (χ0n) is 8.35. The highest BCUT2D eigenvalue weighted by Crippen LogP contribution is 2.09. The first-order valence-electron chi connectivity index (χ1n) is 4.92. The van der Waals surface area contributed by atoms with Gasteiger partial charge >= 0.3 is 0 Å². The molecule has 3 heteroatoms. The third kappa shape index (κ3) is 1.77. The number of pyridine rings is 1. The van der Waals surface area contributed by atoms with Crippen LogP contribution >= 0.6 is 0 Å². The van der Waals surface area contributed by atoms with Crippen LogP contribution in [0.3, 0.4) is 0 Å². The Balaban J connectivity index is 2.25. The molecule has 74 valence electrons. The standard InChI is InChI=1S/C11H15N3/c1-9(7-12)6-10-2-3-11-4-5-13-14(11)8-10/h2-5,8-9H,6-7,12H2,1H3. The second kappa shape index (κ2) is 3.80. The summed E-state index contributed by atoms with van der Waals surface area (Å²) in [4.78, 5) is 0. The fourth-order valence-electron chi connectivity index (χ4n) is 1.56. The molecular weight excluding hydrogens is 174 g/mol. The zero-order chi connectivity index (χ0) is 9.97. The largest absolute Gasteiger partial charge is 0.330 e. The lowest BCUT2D eigenvalue weighted by molar-refractivity contribution is 0.591. The Morgan fingerprint density at radius 2 is 2.29 bits per heavy atom. The van der Waals surface area contributed by atoms with Crippen molar-refractivity contribution in [2.45, 2.75) is 13.3 Å². The summed E-state index contributed by atoms with van der Waals surface area (Å²) in [6.07, 6.45) is 4.90. The number of aromatic nitrogens is 2. The quantitative estimate of drug-likeness (QED) is 0.794. The normalized spacial score (nSPS) is 13.3. The number of hydrogen-bond donors (Lipinski definition) is 1. The second-order valence-electron chi connectivity index (χ2n) is 3.78. The van der Waals surface area contributed by atoms with E-state index in [0.29, 0.717) is 5.92 Å². The average molecular weight is 189 g/mol. The lowest BCUT2D eigenvalue weighted by Gasteiger charge is -2.08. The van der Waals surface area contributed by atoms with Gasteiger partial charge in [-0.1, -0.05) is 13.0 Å². The van der Waals surface area contributed by atoms with Gasteiger partial charge in [0.2, 0.25) is 0 Å². The number of nitrogens with zero attached hydrogens (tertiary/aromatic N) is 2. The number of hydrogen-bond acceptors (Lipinski definition) is 2. The van der Waals surface area contributed by atoms with Gasteiger partial charge in [-0.15, -0.1) is 0 Å². The van der Waals surface area contributed by atoms with E-state index in [4.69, 9.17) is 5.73 Å². The third-order valence-electron chi connectivity index (χ3n) is 2.44. The molecule has 0 aromatic carbocycles. The van der Waals surface area contributed by atoms with Gasteiger partial charge in [0.1, 0.15) is 0 Å². The van der Waals surface area contributed by atoms with Crippen LogP contribution in [0.2, 0.25) is 0 Å². The molecule has 0 saturated carbocycles. The van der Waals surface area contributed by atoms with E-state index < -0.39 is 0 Å². The highest BCUT2D eigenvalue weighted by atomic mass is 15.2. The van der Waals surface area contributed by atoms with Crippen molar-refractivity contribution in [2.75, 3.05) is 6.54 Å². The summed E-state index contributed by atoms with van der Waals surface area (Å²) in [7, 11) is 0. The van der Waals surface area contributed by atoms with Crippen LogP contribution in [-0.4, -0.2) is 16.2 Å². The van der Waals surface area contributed by atoms with Crippen molar-refractivity contribution in [3.05, 3.63) is 36.2 Å². The van der Waals surface area contributed by atoms with Gasteiger partial charge in [-0.05, 0) is 36.6 Å². The minimum absolute atomic E-state index is 0.531. The van der Waals surface area contributed by atoms with E-state index in [-0.39, 0.29) is 0 Å². The van der Waals surface area contributed by atoms with Crippen molar-refractivity contribution in [1.82, 2.24) is 9.61 Å². The second-order valence-corrected chi connectivity index (χ2v) is 3.78. The van der Waals surface area contributed by atoms with Crippen LogP contribution in [0, 0.1) is 5.92 Å². The molecule has 0 amide bonds. The number of nitrogens with two attached hydrogens (primary N) is 1. The molecule has 0 radical (unpaired) electrons. The summed E-state index contributed by atoms with van der Waals surface area (Å²) in [5.74, 6) is 0.531. The van der Waals surface area contributed by atoms with Crippen molar-refractivity contribution < 1.29 is 0 Å². The summed E-state index contributed by atoms with van der Waals surface area (Å²) in [6, 6.07) is 6.23. The third-order valence-corrected chi connectivity index (χ3v) is 2.44. The summed E-state index contributed by atoms with van der Waals surface area (Å²) in [5, 5.41) is 4.20. The highest BCUT2D eigenvalue weighted by molar-refractivity contribution is 5.45. The van der Waals surface area contributed by atoms with E-state index in [1.807, 2.05) is 16.8 Å². The van der Waals surface area contributed by atoms with Gasteiger partial charge in [0, 0.05) is 12.4 Å². The molecule has 2 heterocycles. The molecule has 1 unspecified atom stereocenters. The van der Waals surface area contributed by atoms with Gasteiger partial charge in [-0.3, -0.25) is 0 Å². The molecule has 14 heavy (non-hydrogen) atoms. The molecule has 0 bridgehead atoms. The van der Waals surface area contributed by atoms with Crippen LogP contribution in [0.1, 0.15) is 12.5 Å². The Morgan fingerprint density at radius 1 is 1.43 bits per heavy atom. The molecule has 0 saturated heterocycles. The summed E-state index contributed by atoms with van der Waals surface area (Å²) in [6.45, 7) is 2.89. The molecular formula is C11H15N3. The maximum absolute atomic E-state index is 5.59. The Bertz CT molecular complexity index is 419. The number of fused-ring (bicyclic) bond motifs is 1. The Morgan fingerprint density at radius 3 is 3.07 bits per heavy atom. The first-order chi connectivity index (χ1) is 6.79. The minimum atomic E-state index is 0.531. The molecule has 0 aliphatic heterocycles. The van der Waals surface area contributed by atoms with E-state index in [0.717, 1.165) is 18.5 Å². The fraction of sp³-hybridized carbons (Fsp3) is 0.364. The maximum atomic E-state index is 5.59. The molecule has 1 atom stereocenters. The van der Waals surface area contributed by atoms with Gasteiger partial charge in [-0.2, -0.15) is 5.10 Å².